The molecule has 0 aliphatic carbocycles. The van der Waals surface area contributed by atoms with Gasteiger partial charge in [-0.2, -0.15) is 4.31 Å². The molecule has 0 radical (unpaired) electrons. The van der Waals surface area contributed by atoms with Gasteiger partial charge in [0, 0.05) is 6.07 Å². The largest absolute Gasteiger partial charge is 0.507 e. The molecule has 2 heterocycles. The highest BCUT2D eigenvalue weighted by Gasteiger charge is 2.32. The quantitative estimate of drug-likeness (QED) is 0.781. The Labute approximate surface area is 156 Å². The number of hydrogen-bond donors (Lipinski definition) is 2. The van der Waals surface area contributed by atoms with Gasteiger partial charge in [0.25, 0.3) is 0 Å². The molecule has 1 saturated heterocycles. The number of ether oxygens (including phenoxy) is 2. The Morgan fingerprint density at radius 2 is 1.78 bits per heavy atom. The molecule has 2 N–H and O–H groups in total. The van der Waals surface area contributed by atoms with E-state index in [1.54, 1.807) is 6.07 Å². The van der Waals surface area contributed by atoms with Crippen molar-refractivity contribution in [3.05, 3.63) is 47.8 Å². The molecule has 0 saturated carbocycles. The summed E-state index contributed by atoms with van der Waals surface area (Å²) < 4.78 is 51.1. The maximum Gasteiger partial charge on any atom is 0.246 e. The van der Waals surface area contributed by atoms with Gasteiger partial charge in [-0.3, -0.25) is 0 Å². The van der Waals surface area contributed by atoms with E-state index in [0.29, 0.717) is 31.1 Å². The van der Waals surface area contributed by atoms with Crippen molar-refractivity contribution in [2.24, 2.45) is 0 Å². The van der Waals surface area contributed by atoms with Gasteiger partial charge in [-0.05, 0) is 18.2 Å². The standard InChI is InChI=1S/C18H19FN2O5S/c19-14-3-1-2-4-18(14)27(23,24)21-7-5-20(6-8-21)11-13-9-16-17(10-15(13)22)26-12-25-16/h1-4,9-10,22H,5-8,11-12H2/p+1. The first-order valence-electron chi connectivity index (χ1n) is 8.65. The molecule has 144 valence electrons. The minimum absolute atomic E-state index is 0.133. The fourth-order valence-electron chi connectivity index (χ4n) is 3.40. The first-order valence-corrected chi connectivity index (χ1v) is 10.1. The van der Waals surface area contributed by atoms with Gasteiger partial charge in [0.2, 0.25) is 16.8 Å². The predicted octanol–water partition coefficient (Wildman–Crippen LogP) is 0.349. The Kier molecular flexibility index (Phi) is 4.67. The molecule has 1 fully saturated rings. The minimum atomic E-state index is -3.85. The van der Waals surface area contributed by atoms with Crippen LogP contribution in [0.1, 0.15) is 5.56 Å². The third-order valence-corrected chi connectivity index (χ3v) is 6.83. The number of phenolic OH excluding ortho intramolecular Hbond substituents is 1. The number of aromatic hydroxyl groups is 1. The number of sulfonamides is 1. The van der Waals surface area contributed by atoms with Crippen LogP contribution >= 0.6 is 0 Å². The zero-order valence-corrected chi connectivity index (χ0v) is 15.3. The molecule has 2 aromatic carbocycles. The fraction of sp³-hybridized carbons (Fsp3) is 0.333. The summed E-state index contributed by atoms with van der Waals surface area (Å²) in [4.78, 5) is 0.839. The van der Waals surface area contributed by atoms with Gasteiger partial charge in [0.15, 0.2) is 11.5 Å². The van der Waals surface area contributed by atoms with Crippen LogP contribution in [0.5, 0.6) is 17.2 Å². The predicted molar refractivity (Wildman–Crippen MR) is 93.8 cm³/mol. The van der Waals surface area contributed by atoms with Crippen molar-refractivity contribution in [2.45, 2.75) is 11.4 Å². The first-order chi connectivity index (χ1) is 12.9. The molecule has 0 aromatic heterocycles. The lowest BCUT2D eigenvalue weighted by molar-refractivity contribution is -0.917. The molecular formula is C18H20FN2O5S+. The maximum atomic E-state index is 13.9. The van der Waals surface area contributed by atoms with Crippen molar-refractivity contribution in [2.75, 3.05) is 33.0 Å². The van der Waals surface area contributed by atoms with Crippen LogP contribution in [-0.2, 0) is 16.6 Å². The average molecular weight is 395 g/mol. The lowest BCUT2D eigenvalue weighted by atomic mass is 10.1. The highest BCUT2D eigenvalue weighted by atomic mass is 32.2. The van der Waals surface area contributed by atoms with Crippen molar-refractivity contribution < 1.29 is 32.3 Å². The van der Waals surface area contributed by atoms with Gasteiger partial charge in [-0.25, -0.2) is 12.8 Å². The molecule has 4 rings (SSSR count). The summed E-state index contributed by atoms with van der Waals surface area (Å²) in [5.41, 5.74) is 0.722. The van der Waals surface area contributed by atoms with Gasteiger partial charge < -0.3 is 19.5 Å². The van der Waals surface area contributed by atoms with E-state index >= 15 is 0 Å². The smallest absolute Gasteiger partial charge is 0.246 e. The average Bonchev–Trinajstić information content (AvgIpc) is 3.10. The van der Waals surface area contributed by atoms with Crippen molar-refractivity contribution in [1.29, 1.82) is 0 Å². The van der Waals surface area contributed by atoms with Gasteiger partial charge in [0.1, 0.15) is 23.0 Å². The number of hydrogen-bond acceptors (Lipinski definition) is 5. The molecule has 2 aliphatic heterocycles. The number of piperazine rings is 1. The Balaban J connectivity index is 1.43. The number of phenols is 1. The molecule has 7 nitrogen and oxygen atoms in total. The molecule has 0 spiro atoms. The topological polar surface area (TPSA) is 80.5 Å². The Morgan fingerprint density at radius 1 is 1.11 bits per heavy atom. The van der Waals surface area contributed by atoms with Crippen molar-refractivity contribution in [3.8, 4) is 17.2 Å². The van der Waals surface area contributed by atoms with Gasteiger partial charge in [0.05, 0.1) is 31.7 Å². The Hall–Kier alpha value is -2.36. The van der Waals surface area contributed by atoms with Crippen LogP contribution in [-0.4, -0.2) is 50.8 Å². The molecule has 0 bridgehead atoms. The third-order valence-electron chi connectivity index (χ3n) is 4.90. The van der Waals surface area contributed by atoms with Crippen LogP contribution in [0, 0.1) is 5.82 Å². The SMILES string of the molecule is O=S(=O)(c1ccccc1F)N1CC[NH+](Cc2cc3c(cc2O)OCO3)CC1. The van der Waals surface area contributed by atoms with Crippen LogP contribution in [0.2, 0.25) is 0 Å². The zero-order chi connectivity index (χ0) is 19.0. The summed E-state index contributed by atoms with van der Waals surface area (Å²) in [6, 6.07) is 8.71. The number of halogens is 1. The number of fused-ring (bicyclic) bond motifs is 1. The number of nitrogens with zero attached hydrogens (tertiary/aromatic N) is 1. The summed E-state index contributed by atoms with van der Waals surface area (Å²) in [7, 11) is -3.85. The fourth-order valence-corrected chi connectivity index (χ4v) is 4.90. The third kappa shape index (κ3) is 3.45. The van der Waals surface area contributed by atoms with Crippen LogP contribution in [0.3, 0.4) is 0 Å². The Morgan fingerprint density at radius 3 is 2.48 bits per heavy atom. The lowest BCUT2D eigenvalue weighted by Crippen LogP contribution is -3.13. The van der Waals surface area contributed by atoms with E-state index in [0.717, 1.165) is 16.5 Å². The van der Waals surface area contributed by atoms with E-state index in [1.807, 2.05) is 0 Å². The second-order valence-corrected chi connectivity index (χ2v) is 8.50. The Bertz CT molecular complexity index is 958. The van der Waals surface area contributed by atoms with Crippen LogP contribution in [0.15, 0.2) is 41.3 Å². The molecule has 9 heteroatoms. The van der Waals surface area contributed by atoms with Crippen molar-refractivity contribution in [1.82, 2.24) is 4.31 Å². The van der Waals surface area contributed by atoms with E-state index in [-0.39, 0.29) is 30.5 Å². The highest BCUT2D eigenvalue weighted by Crippen LogP contribution is 2.37. The molecule has 0 amide bonds. The van der Waals surface area contributed by atoms with E-state index in [2.05, 4.69) is 0 Å². The summed E-state index contributed by atoms with van der Waals surface area (Å²) >= 11 is 0. The zero-order valence-electron chi connectivity index (χ0n) is 14.5. The van der Waals surface area contributed by atoms with E-state index in [9.17, 15) is 17.9 Å². The number of rotatable bonds is 4. The number of quaternary nitrogens is 1. The first kappa shape index (κ1) is 18.0. The number of benzene rings is 2. The number of nitrogens with one attached hydrogen (secondary N) is 1. The minimum Gasteiger partial charge on any atom is -0.507 e. The molecule has 27 heavy (non-hydrogen) atoms. The molecule has 0 atom stereocenters. The normalized spacial score (nSPS) is 18.0. The van der Waals surface area contributed by atoms with E-state index in [1.165, 1.54) is 28.6 Å². The summed E-state index contributed by atoms with van der Waals surface area (Å²) in [5, 5.41) is 10.2. The van der Waals surface area contributed by atoms with Crippen LogP contribution in [0.25, 0.3) is 0 Å². The second-order valence-electron chi connectivity index (χ2n) is 6.60. The molecule has 2 aliphatic rings. The molecular weight excluding hydrogens is 375 g/mol. The van der Waals surface area contributed by atoms with Crippen molar-refractivity contribution in [3.63, 3.8) is 0 Å². The molecule has 2 aromatic rings. The monoisotopic (exact) mass is 395 g/mol. The lowest BCUT2D eigenvalue weighted by Gasteiger charge is -2.31. The summed E-state index contributed by atoms with van der Waals surface area (Å²) in [6.07, 6.45) is 0. The van der Waals surface area contributed by atoms with Gasteiger partial charge in [-0.15, -0.1) is 0 Å². The summed E-state index contributed by atoms with van der Waals surface area (Å²) in [5.74, 6) is 0.515. The van der Waals surface area contributed by atoms with Gasteiger partial charge >= 0.3 is 0 Å². The maximum absolute atomic E-state index is 13.9. The van der Waals surface area contributed by atoms with Crippen LogP contribution < -0.4 is 14.4 Å². The summed E-state index contributed by atoms with van der Waals surface area (Å²) in [6.45, 7) is 2.37. The highest BCUT2D eigenvalue weighted by molar-refractivity contribution is 7.89. The van der Waals surface area contributed by atoms with Gasteiger partial charge in [-0.1, -0.05) is 12.1 Å². The van der Waals surface area contributed by atoms with E-state index in [4.69, 9.17) is 9.47 Å². The van der Waals surface area contributed by atoms with Crippen molar-refractivity contribution >= 4 is 10.0 Å². The second kappa shape index (κ2) is 6.99. The van der Waals surface area contributed by atoms with Crippen LogP contribution in [0.4, 0.5) is 4.39 Å². The molecule has 0 unspecified atom stereocenters. The van der Waals surface area contributed by atoms with E-state index < -0.39 is 15.8 Å².